The van der Waals surface area contributed by atoms with E-state index in [9.17, 15) is 5.11 Å². The van der Waals surface area contributed by atoms with Crippen LogP contribution < -0.4 is 0 Å². The predicted molar refractivity (Wildman–Crippen MR) is 72.8 cm³/mol. The summed E-state index contributed by atoms with van der Waals surface area (Å²) in [5.74, 6) is 0. The van der Waals surface area contributed by atoms with Crippen LogP contribution in [-0.4, -0.2) is 62.2 Å². The minimum atomic E-state index is -0.381. The molecule has 18 heavy (non-hydrogen) atoms. The number of methoxy groups -OCH3 is 1. The first kappa shape index (κ1) is 15.9. The van der Waals surface area contributed by atoms with Gasteiger partial charge in [-0.05, 0) is 25.8 Å². The van der Waals surface area contributed by atoms with Crippen molar-refractivity contribution in [3.63, 3.8) is 0 Å². The van der Waals surface area contributed by atoms with Gasteiger partial charge in [-0.1, -0.05) is 19.8 Å². The van der Waals surface area contributed by atoms with Gasteiger partial charge in [0.1, 0.15) is 0 Å². The summed E-state index contributed by atoms with van der Waals surface area (Å²) in [7, 11) is 1.66. The Bertz CT molecular complexity index is 201. The van der Waals surface area contributed by atoms with Gasteiger partial charge in [-0.25, -0.2) is 0 Å². The summed E-state index contributed by atoms with van der Waals surface area (Å²) >= 11 is 0. The quantitative estimate of drug-likeness (QED) is 0.673. The minimum absolute atomic E-state index is 0.381. The number of nitrogens with zero attached hydrogens (tertiary/aromatic N) is 1. The monoisotopic (exact) mass is 259 g/mol. The molecule has 0 aromatic carbocycles. The molecule has 0 aromatic rings. The molecule has 2 atom stereocenters. The van der Waals surface area contributed by atoms with E-state index in [2.05, 4.69) is 11.8 Å². The van der Waals surface area contributed by atoms with E-state index >= 15 is 0 Å². The molecule has 0 radical (unpaired) electrons. The van der Waals surface area contributed by atoms with Crippen molar-refractivity contribution in [2.24, 2.45) is 0 Å². The standard InChI is InChI=1S/C14H29NO3/c1-3-13-7-5-4-6-8-15(13)11-14(16)12-18-10-9-17-2/h13-14,16H,3-12H2,1-2H3. The zero-order chi connectivity index (χ0) is 13.2. The predicted octanol–water partition coefficient (Wildman–Crippen LogP) is 1.66. The highest BCUT2D eigenvalue weighted by molar-refractivity contribution is 4.76. The van der Waals surface area contributed by atoms with E-state index in [1.54, 1.807) is 7.11 Å². The first-order valence-electron chi connectivity index (χ1n) is 7.26. The van der Waals surface area contributed by atoms with Crippen LogP contribution in [0, 0.1) is 0 Å². The SMILES string of the molecule is CCC1CCCCCN1CC(O)COCCOC. The lowest BCUT2D eigenvalue weighted by Gasteiger charge is -2.30. The van der Waals surface area contributed by atoms with Gasteiger partial charge in [-0.3, -0.25) is 4.90 Å². The van der Waals surface area contributed by atoms with Crippen LogP contribution in [0.25, 0.3) is 0 Å². The van der Waals surface area contributed by atoms with Crippen molar-refractivity contribution in [3.05, 3.63) is 0 Å². The molecule has 1 heterocycles. The third-order valence-electron chi connectivity index (χ3n) is 3.66. The van der Waals surface area contributed by atoms with E-state index in [4.69, 9.17) is 9.47 Å². The van der Waals surface area contributed by atoms with Crippen LogP contribution in [0.15, 0.2) is 0 Å². The van der Waals surface area contributed by atoms with Crippen LogP contribution in [0.2, 0.25) is 0 Å². The molecule has 1 aliphatic heterocycles. The average molecular weight is 259 g/mol. The summed E-state index contributed by atoms with van der Waals surface area (Å²) in [4.78, 5) is 2.44. The molecule has 1 N–H and O–H groups in total. The number of likely N-dealkylation sites (tertiary alicyclic amines) is 1. The highest BCUT2D eigenvalue weighted by atomic mass is 16.5. The molecule has 0 bridgehead atoms. The molecule has 1 rings (SSSR count). The van der Waals surface area contributed by atoms with Gasteiger partial charge in [0.25, 0.3) is 0 Å². The van der Waals surface area contributed by atoms with Crippen molar-refractivity contribution < 1.29 is 14.6 Å². The van der Waals surface area contributed by atoms with Gasteiger partial charge in [0.15, 0.2) is 0 Å². The molecule has 4 nitrogen and oxygen atoms in total. The van der Waals surface area contributed by atoms with E-state index in [0.29, 0.717) is 25.9 Å². The highest BCUT2D eigenvalue weighted by Crippen LogP contribution is 2.19. The molecule has 108 valence electrons. The lowest BCUT2D eigenvalue weighted by molar-refractivity contribution is -0.00632. The average Bonchev–Trinajstić information content (AvgIpc) is 2.59. The summed E-state index contributed by atoms with van der Waals surface area (Å²) in [6, 6.07) is 0.640. The third kappa shape index (κ3) is 6.14. The minimum Gasteiger partial charge on any atom is -0.389 e. The lowest BCUT2D eigenvalue weighted by atomic mass is 10.1. The summed E-state index contributed by atoms with van der Waals surface area (Å²) in [6.45, 7) is 5.67. The molecule has 1 fully saturated rings. The Morgan fingerprint density at radius 3 is 2.83 bits per heavy atom. The van der Waals surface area contributed by atoms with Crippen LogP contribution >= 0.6 is 0 Å². The second kappa shape index (κ2) is 9.73. The van der Waals surface area contributed by atoms with E-state index in [-0.39, 0.29) is 6.10 Å². The maximum Gasteiger partial charge on any atom is 0.0900 e. The van der Waals surface area contributed by atoms with E-state index in [1.165, 1.54) is 32.1 Å². The van der Waals surface area contributed by atoms with Crippen molar-refractivity contribution >= 4 is 0 Å². The molecule has 0 saturated carbocycles. The van der Waals surface area contributed by atoms with Gasteiger partial charge >= 0.3 is 0 Å². The lowest BCUT2D eigenvalue weighted by Crippen LogP contribution is -2.41. The number of hydrogen-bond donors (Lipinski definition) is 1. The molecular formula is C14H29NO3. The number of ether oxygens (including phenoxy) is 2. The second-order valence-electron chi connectivity index (χ2n) is 5.13. The van der Waals surface area contributed by atoms with Gasteiger partial charge < -0.3 is 14.6 Å². The van der Waals surface area contributed by atoms with Crippen LogP contribution in [-0.2, 0) is 9.47 Å². The van der Waals surface area contributed by atoms with Gasteiger partial charge in [0.2, 0.25) is 0 Å². The topological polar surface area (TPSA) is 41.9 Å². The van der Waals surface area contributed by atoms with Gasteiger partial charge in [0.05, 0.1) is 25.9 Å². The Kier molecular flexibility index (Phi) is 8.59. The maximum absolute atomic E-state index is 10.00. The fourth-order valence-electron chi connectivity index (χ4n) is 2.62. The number of hydrogen-bond acceptors (Lipinski definition) is 4. The summed E-state index contributed by atoms with van der Waals surface area (Å²) in [5.41, 5.74) is 0. The first-order chi connectivity index (χ1) is 8.77. The molecule has 2 unspecified atom stereocenters. The van der Waals surface area contributed by atoms with Gasteiger partial charge in [-0.2, -0.15) is 0 Å². The zero-order valence-electron chi connectivity index (χ0n) is 11.9. The molecule has 0 amide bonds. The molecule has 0 aromatic heterocycles. The Morgan fingerprint density at radius 2 is 2.11 bits per heavy atom. The molecule has 1 saturated heterocycles. The number of aliphatic hydroxyl groups excluding tert-OH is 1. The highest BCUT2D eigenvalue weighted by Gasteiger charge is 2.21. The van der Waals surface area contributed by atoms with Gasteiger partial charge in [0, 0.05) is 19.7 Å². The molecule has 0 aliphatic carbocycles. The number of rotatable bonds is 8. The third-order valence-corrected chi connectivity index (χ3v) is 3.66. The van der Waals surface area contributed by atoms with Crippen molar-refractivity contribution in [1.82, 2.24) is 4.90 Å². The Morgan fingerprint density at radius 1 is 1.28 bits per heavy atom. The van der Waals surface area contributed by atoms with Crippen LogP contribution in [0.4, 0.5) is 0 Å². The largest absolute Gasteiger partial charge is 0.389 e. The second-order valence-corrected chi connectivity index (χ2v) is 5.13. The van der Waals surface area contributed by atoms with Crippen LogP contribution in [0.3, 0.4) is 0 Å². The van der Waals surface area contributed by atoms with E-state index < -0.39 is 0 Å². The Balaban J connectivity index is 2.24. The van der Waals surface area contributed by atoms with Crippen LogP contribution in [0.5, 0.6) is 0 Å². The number of β-amino-alcohol motifs (C(OH)–C–C–N with tert-alkyl or cyclic N) is 1. The Hall–Kier alpha value is -0.160. The summed E-state index contributed by atoms with van der Waals surface area (Å²) < 4.78 is 10.3. The fourth-order valence-corrected chi connectivity index (χ4v) is 2.62. The summed E-state index contributed by atoms with van der Waals surface area (Å²) in [6.07, 6.45) is 5.98. The Labute approximate surface area is 111 Å². The van der Waals surface area contributed by atoms with Crippen molar-refractivity contribution in [3.8, 4) is 0 Å². The maximum atomic E-state index is 10.00. The van der Waals surface area contributed by atoms with Crippen molar-refractivity contribution in [2.75, 3.05) is 40.0 Å². The summed E-state index contributed by atoms with van der Waals surface area (Å²) in [5, 5.41) is 10.00. The normalized spacial score (nSPS) is 23.8. The molecular weight excluding hydrogens is 230 g/mol. The first-order valence-corrected chi connectivity index (χ1v) is 7.26. The van der Waals surface area contributed by atoms with Gasteiger partial charge in [-0.15, -0.1) is 0 Å². The van der Waals surface area contributed by atoms with E-state index in [1.807, 2.05) is 0 Å². The molecule has 4 heteroatoms. The van der Waals surface area contributed by atoms with Crippen molar-refractivity contribution in [1.29, 1.82) is 0 Å². The molecule has 0 spiro atoms. The number of aliphatic hydroxyl groups is 1. The molecule has 1 aliphatic rings. The fraction of sp³-hybridized carbons (Fsp3) is 1.00. The smallest absolute Gasteiger partial charge is 0.0900 e. The van der Waals surface area contributed by atoms with E-state index in [0.717, 1.165) is 13.1 Å². The van der Waals surface area contributed by atoms with Crippen molar-refractivity contribution in [2.45, 2.75) is 51.2 Å². The van der Waals surface area contributed by atoms with Crippen LogP contribution in [0.1, 0.15) is 39.0 Å². The zero-order valence-corrected chi connectivity index (χ0v) is 11.9.